The van der Waals surface area contributed by atoms with Crippen LogP contribution in [-0.2, 0) is 4.79 Å². The summed E-state index contributed by atoms with van der Waals surface area (Å²) in [6.45, 7) is 1.66. The molecule has 0 atom stereocenters. The molecule has 0 aliphatic rings. The SMILES string of the molecule is CC(=O)Nc1cc(Cl)ccc1OCC#Cc1ccccc1. The van der Waals surface area contributed by atoms with Crippen LogP contribution in [-0.4, -0.2) is 12.5 Å². The Bertz CT molecular complexity index is 687. The lowest BCUT2D eigenvalue weighted by Crippen LogP contribution is -2.08. The highest BCUT2D eigenvalue weighted by Crippen LogP contribution is 2.27. The number of anilines is 1. The van der Waals surface area contributed by atoms with Gasteiger partial charge in [0.1, 0.15) is 12.4 Å². The fourth-order valence-corrected chi connectivity index (χ4v) is 1.86. The van der Waals surface area contributed by atoms with E-state index in [0.717, 1.165) is 5.56 Å². The molecule has 1 N–H and O–H groups in total. The first-order valence-electron chi connectivity index (χ1n) is 6.39. The summed E-state index contributed by atoms with van der Waals surface area (Å²) in [5.41, 5.74) is 1.47. The number of carbonyl (C=O) groups excluding carboxylic acids is 1. The smallest absolute Gasteiger partial charge is 0.221 e. The summed E-state index contributed by atoms with van der Waals surface area (Å²) in [4.78, 5) is 11.2. The molecule has 2 rings (SSSR count). The number of amides is 1. The molecule has 0 heterocycles. The Balaban J connectivity index is 2.03. The Kier molecular flexibility index (Phi) is 5.25. The molecule has 0 aliphatic heterocycles. The molecule has 0 spiro atoms. The van der Waals surface area contributed by atoms with E-state index >= 15 is 0 Å². The van der Waals surface area contributed by atoms with Gasteiger partial charge in [0.05, 0.1) is 5.69 Å². The van der Waals surface area contributed by atoms with Crippen LogP contribution < -0.4 is 10.1 Å². The second-order valence-electron chi connectivity index (χ2n) is 4.28. The zero-order chi connectivity index (χ0) is 15.1. The highest BCUT2D eigenvalue weighted by Gasteiger charge is 2.05. The first kappa shape index (κ1) is 15.0. The molecule has 4 heteroatoms. The van der Waals surface area contributed by atoms with Gasteiger partial charge < -0.3 is 10.1 Å². The predicted molar refractivity (Wildman–Crippen MR) is 84.6 cm³/mol. The van der Waals surface area contributed by atoms with E-state index in [4.69, 9.17) is 16.3 Å². The van der Waals surface area contributed by atoms with Crippen LogP contribution in [0.25, 0.3) is 0 Å². The maximum atomic E-state index is 11.2. The lowest BCUT2D eigenvalue weighted by atomic mass is 10.2. The highest BCUT2D eigenvalue weighted by molar-refractivity contribution is 6.31. The molecule has 21 heavy (non-hydrogen) atoms. The average Bonchev–Trinajstić information content (AvgIpc) is 2.46. The molecule has 1 amide bonds. The van der Waals surface area contributed by atoms with E-state index in [2.05, 4.69) is 17.2 Å². The third-order valence-electron chi connectivity index (χ3n) is 2.56. The van der Waals surface area contributed by atoms with Crippen LogP contribution in [0.15, 0.2) is 48.5 Å². The molecule has 2 aromatic carbocycles. The van der Waals surface area contributed by atoms with Gasteiger partial charge in [-0.3, -0.25) is 4.79 Å². The molecule has 0 aliphatic carbocycles. The summed E-state index contributed by atoms with van der Waals surface area (Å²) in [5, 5.41) is 3.21. The molecule has 106 valence electrons. The van der Waals surface area contributed by atoms with Crippen molar-refractivity contribution >= 4 is 23.2 Å². The van der Waals surface area contributed by atoms with E-state index < -0.39 is 0 Å². The summed E-state index contributed by atoms with van der Waals surface area (Å²) in [7, 11) is 0. The molecule has 2 aromatic rings. The van der Waals surface area contributed by atoms with Crippen molar-refractivity contribution in [2.24, 2.45) is 0 Å². The number of hydrogen-bond acceptors (Lipinski definition) is 2. The quantitative estimate of drug-likeness (QED) is 0.877. The monoisotopic (exact) mass is 299 g/mol. The van der Waals surface area contributed by atoms with Crippen LogP contribution in [0.2, 0.25) is 5.02 Å². The Morgan fingerprint density at radius 2 is 2.00 bits per heavy atom. The summed E-state index contributed by atoms with van der Waals surface area (Å²) < 4.78 is 5.57. The first-order valence-corrected chi connectivity index (χ1v) is 6.77. The van der Waals surface area contributed by atoms with Gasteiger partial charge in [-0.25, -0.2) is 0 Å². The van der Waals surface area contributed by atoms with Gasteiger partial charge in [0.2, 0.25) is 5.91 Å². The zero-order valence-corrected chi connectivity index (χ0v) is 12.3. The van der Waals surface area contributed by atoms with Gasteiger partial charge in [-0.2, -0.15) is 0 Å². The summed E-state index contributed by atoms with van der Waals surface area (Å²) in [6, 6.07) is 14.7. The minimum Gasteiger partial charge on any atom is -0.479 e. The van der Waals surface area contributed by atoms with E-state index in [0.29, 0.717) is 16.5 Å². The van der Waals surface area contributed by atoms with Crippen molar-refractivity contribution in [2.45, 2.75) is 6.92 Å². The second-order valence-corrected chi connectivity index (χ2v) is 4.71. The Labute approximate surface area is 128 Å². The fourth-order valence-electron chi connectivity index (χ4n) is 1.69. The van der Waals surface area contributed by atoms with Gasteiger partial charge in [0.15, 0.2) is 0 Å². The molecule has 0 fully saturated rings. The lowest BCUT2D eigenvalue weighted by molar-refractivity contribution is -0.114. The number of hydrogen-bond donors (Lipinski definition) is 1. The third-order valence-corrected chi connectivity index (χ3v) is 2.79. The highest BCUT2D eigenvalue weighted by atomic mass is 35.5. The Morgan fingerprint density at radius 1 is 1.24 bits per heavy atom. The summed E-state index contributed by atoms with van der Waals surface area (Å²) >= 11 is 5.91. The first-order chi connectivity index (χ1) is 10.1. The van der Waals surface area contributed by atoms with Gasteiger partial charge in [-0.15, -0.1) is 0 Å². The summed E-state index contributed by atoms with van der Waals surface area (Å²) in [6.07, 6.45) is 0. The van der Waals surface area contributed by atoms with Crippen molar-refractivity contribution in [3.8, 4) is 17.6 Å². The van der Waals surface area contributed by atoms with Crippen molar-refractivity contribution in [2.75, 3.05) is 11.9 Å². The number of rotatable bonds is 3. The Hall–Kier alpha value is -2.44. The zero-order valence-electron chi connectivity index (χ0n) is 11.5. The second kappa shape index (κ2) is 7.37. The largest absolute Gasteiger partial charge is 0.479 e. The minimum absolute atomic E-state index is 0.183. The van der Waals surface area contributed by atoms with Gasteiger partial charge >= 0.3 is 0 Å². The maximum absolute atomic E-state index is 11.2. The normalized spacial score (nSPS) is 9.43. The van der Waals surface area contributed by atoms with Crippen molar-refractivity contribution in [1.29, 1.82) is 0 Å². The standard InChI is InChI=1S/C17H14ClNO2/c1-13(20)19-16-12-15(18)9-10-17(16)21-11-5-8-14-6-3-2-4-7-14/h2-4,6-7,9-10,12H,11H2,1H3,(H,19,20). The molecular weight excluding hydrogens is 286 g/mol. The average molecular weight is 300 g/mol. The number of halogens is 1. The van der Waals surface area contributed by atoms with E-state index in [1.54, 1.807) is 18.2 Å². The van der Waals surface area contributed by atoms with Gasteiger partial charge in [0.25, 0.3) is 0 Å². The van der Waals surface area contributed by atoms with Gasteiger partial charge in [0, 0.05) is 17.5 Å². The number of nitrogens with one attached hydrogen (secondary N) is 1. The third kappa shape index (κ3) is 4.87. The molecule has 3 nitrogen and oxygen atoms in total. The van der Waals surface area contributed by atoms with Crippen LogP contribution in [0, 0.1) is 11.8 Å². The van der Waals surface area contributed by atoms with E-state index in [1.165, 1.54) is 6.92 Å². The predicted octanol–water partition coefficient (Wildman–Crippen LogP) is 3.73. The molecule has 0 unspecified atom stereocenters. The van der Waals surface area contributed by atoms with Crippen LogP contribution in [0.1, 0.15) is 12.5 Å². The lowest BCUT2D eigenvalue weighted by Gasteiger charge is -2.10. The maximum Gasteiger partial charge on any atom is 0.221 e. The Morgan fingerprint density at radius 3 is 2.71 bits per heavy atom. The molecule has 0 radical (unpaired) electrons. The van der Waals surface area contributed by atoms with Crippen LogP contribution >= 0.6 is 11.6 Å². The van der Waals surface area contributed by atoms with E-state index in [-0.39, 0.29) is 12.5 Å². The van der Waals surface area contributed by atoms with Crippen LogP contribution in [0.4, 0.5) is 5.69 Å². The van der Waals surface area contributed by atoms with E-state index in [9.17, 15) is 4.79 Å². The summed E-state index contributed by atoms with van der Waals surface area (Å²) in [5.74, 6) is 6.28. The topological polar surface area (TPSA) is 38.3 Å². The van der Waals surface area contributed by atoms with Crippen LogP contribution in [0.3, 0.4) is 0 Å². The molecule has 0 bridgehead atoms. The molecule has 0 saturated carbocycles. The molecule has 0 saturated heterocycles. The van der Waals surface area contributed by atoms with Crippen LogP contribution in [0.5, 0.6) is 5.75 Å². The fraction of sp³-hybridized carbons (Fsp3) is 0.118. The number of ether oxygens (including phenoxy) is 1. The number of benzene rings is 2. The minimum atomic E-state index is -0.183. The van der Waals surface area contributed by atoms with Gasteiger partial charge in [-0.1, -0.05) is 41.6 Å². The van der Waals surface area contributed by atoms with Gasteiger partial charge in [-0.05, 0) is 30.3 Å². The molecular formula is C17H14ClNO2. The van der Waals surface area contributed by atoms with Crippen molar-refractivity contribution < 1.29 is 9.53 Å². The van der Waals surface area contributed by atoms with E-state index in [1.807, 2.05) is 30.3 Å². The van der Waals surface area contributed by atoms with Crippen molar-refractivity contribution in [3.63, 3.8) is 0 Å². The number of carbonyl (C=O) groups is 1. The molecule has 0 aromatic heterocycles. The van der Waals surface area contributed by atoms with Crippen molar-refractivity contribution in [3.05, 3.63) is 59.1 Å². The van der Waals surface area contributed by atoms with Crippen molar-refractivity contribution in [1.82, 2.24) is 0 Å².